The van der Waals surface area contributed by atoms with Crippen molar-refractivity contribution in [3.63, 3.8) is 0 Å². The van der Waals surface area contributed by atoms with Crippen molar-refractivity contribution in [2.75, 3.05) is 7.11 Å². The van der Waals surface area contributed by atoms with Crippen LogP contribution in [0.1, 0.15) is 24.8 Å². The van der Waals surface area contributed by atoms with Crippen LogP contribution < -0.4 is 0 Å². The molecule has 3 unspecified atom stereocenters. The van der Waals surface area contributed by atoms with Crippen molar-refractivity contribution in [1.29, 1.82) is 0 Å². The molecule has 1 aliphatic heterocycles. The topological polar surface area (TPSA) is 18.5 Å². The molecule has 0 bridgehead atoms. The van der Waals surface area contributed by atoms with Gasteiger partial charge < -0.3 is 9.47 Å². The van der Waals surface area contributed by atoms with Crippen molar-refractivity contribution >= 4 is 0 Å². The van der Waals surface area contributed by atoms with Crippen LogP contribution in [-0.4, -0.2) is 19.5 Å². The molecule has 2 heteroatoms. The van der Waals surface area contributed by atoms with E-state index in [0.29, 0.717) is 5.92 Å². The SMILES string of the molecule is COC1CC(c2ccccc2)C(C)O1. The Hall–Kier alpha value is -0.860. The molecule has 0 aliphatic carbocycles. The molecule has 0 saturated carbocycles. The van der Waals surface area contributed by atoms with E-state index in [-0.39, 0.29) is 12.4 Å². The highest BCUT2D eigenvalue weighted by Crippen LogP contribution is 2.34. The number of benzene rings is 1. The number of hydrogen-bond donors (Lipinski definition) is 0. The molecule has 0 radical (unpaired) electrons. The van der Waals surface area contributed by atoms with Gasteiger partial charge in [0.25, 0.3) is 0 Å². The molecule has 0 aromatic heterocycles. The van der Waals surface area contributed by atoms with E-state index in [2.05, 4.69) is 31.2 Å². The van der Waals surface area contributed by atoms with E-state index < -0.39 is 0 Å². The van der Waals surface area contributed by atoms with Gasteiger partial charge >= 0.3 is 0 Å². The highest BCUT2D eigenvalue weighted by molar-refractivity contribution is 5.21. The van der Waals surface area contributed by atoms with E-state index in [0.717, 1.165) is 6.42 Å². The van der Waals surface area contributed by atoms with Gasteiger partial charge in [-0.15, -0.1) is 0 Å². The minimum Gasteiger partial charge on any atom is -0.356 e. The summed E-state index contributed by atoms with van der Waals surface area (Å²) in [7, 11) is 1.70. The second kappa shape index (κ2) is 4.11. The molecule has 2 nitrogen and oxygen atoms in total. The molecule has 76 valence electrons. The third-order valence-electron chi connectivity index (χ3n) is 2.87. The molecule has 1 heterocycles. The zero-order valence-electron chi connectivity index (χ0n) is 8.64. The number of ether oxygens (including phenoxy) is 2. The van der Waals surface area contributed by atoms with Gasteiger partial charge in [-0.2, -0.15) is 0 Å². The Morgan fingerprint density at radius 2 is 2.00 bits per heavy atom. The summed E-state index contributed by atoms with van der Waals surface area (Å²) in [5.74, 6) is 0.473. The van der Waals surface area contributed by atoms with Crippen molar-refractivity contribution in [3.8, 4) is 0 Å². The van der Waals surface area contributed by atoms with Crippen molar-refractivity contribution in [2.24, 2.45) is 0 Å². The Morgan fingerprint density at radius 1 is 1.29 bits per heavy atom. The van der Waals surface area contributed by atoms with Gasteiger partial charge in [-0.25, -0.2) is 0 Å². The predicted molar refractivity (Wildman–Crippen MR) is 55.1 cm³/mol. The zero-order valence-corrected chi connectivity index (χ0v) is 8.64. The first-order chi connectivity index (χ1) is 6.81. The van der Waals surface area contributed by atoms with Crippen LogP contribution in [0.15, 0.2) is 30.3 Å². The standard InChI is InChI=1S/C12H16O2/c1-9-11(8-12(13-2)14-9)10-6-4-3-5-7-10/h3-7,9,11-12H,8H2,1-2H3. The first-order valence-corrected chi connectivity index (χ1v) is 5.04. The Morgan fingerprint density at radius 3 is 2.57 bits per heavy atom. The van der Waals surface area contributed by atoms with Crippen LogP contribution in [0.4, 0.5) is 0 Å². The summed E-state index contributed by atoms with van der Waals surface area (Å²) in [6.07, 6.45) is 1.18. The minimum atomic E-state index is -0.0322. The average Bonchev–Trinajstić information content (AvgIpc) is 2.61. The van der Waals surface area contributed by atoms with Gasteiger partial charge in [-0.3, -0.25) is 0 Å². The second-order valence-corrected chi connectivity index (χ2v) is 3.76. The molecule has 1 aromatic rings. The molecule has 3 atom stereocenters. The highest BCUT2D eigenvalue weighted by Gasteiger charge is 2.32. The van der Waals surface area contributed by atoms with Crippen molar-refractivity contribution in [1.82, 2.24) is 0 Å². The molecule has 0 N–H and O–H groups in total. The monoisotopic (exact) mass is 192 g/mol. The molecular weight excluding hydrogens is 176 g/mol. The van der Waals surface area contributed by atoms with E-state index in [4.69, 9.17) is 9.47 Å². The van der Waals surface area contributed by atoms with Crippen LogP contribution in [0, 0.1) is 0 Å². The highest BCUT2D eigenvalue weighted by atomic mass is 16.7. The van der Waals surface area contributed by atoms with Crippen LogP contribution in [0.2, 0.25) is 0 Å². The average molecular weight is 192 g/mol. The molecule has 2 rings (SSSR count). The van der Waals surface area contributed by atoms with Gasteiger partial charge in [-0.05, 0) is 12.5 Å². The smallest absolute Gasteiger partial charge is 0.158 e. The van der Waals surface area contributed by atoms with Gasteiger partial charge in [0.05, 0.1) is 6.10 Å². The maximum Gasteiger partial charge on any atom is 0.158 e. The Kier molecular flexibility index (Phi) is 2.85. The van der Waals surface area contributed by atoms with Crippen LogP contribution >= 0.6 is 0 Å². The van der Waals surface area contributed by atoms with Gasteiger partial charge in [0.1, 0.15) is 0 Å². The predicted octanol–water partition coefficient (Wildman–Crippen LogP) is 2.55. The van der Waals surface area contributed by atoms with Gasteiger partial charge in [0.2, 0.25) is 0 Å². The van der Waals surface area contributed by atoms with Crippen LogP contribution in [0.5, 0.6) is 0 Å². The van der Waals surface area contributed by atoms with Crippen molar-refractivity contribution in [3.05, 3.63) is 35.9 Å². The normalized spacial score (nSPS) is 32.0. The van der Waals surface area contributed by atoms with E-state index in [1.807, 2.05) is 6.07 Å². The van der Waals surface area contributed by atoms with E-state index in [1.165, 1.54) is 5.56 Å². The molecule has 1 fully saturated rings. The van der Waals surface area contributed by atoms with E-state index in [1.54, 1.807) is 7.11 Å². The maximum absolute atomic E-state index is 5.66. The molecule has 0 amide bonds. The lowest BCUT2D eigenvalue weighted by Gasteiger charge is -2.12. The van der Waals surface area contributed by atoms with Crippen LogP contribution in [-0.2, 0) is 9.47 Å². The molecular formula is C12H16O2. The lowest BCUT2D eigenvalue weighted by molar-refractivity contribution is -0.110. The third-order valence-corrected chi connectivity index (χ3v) is 2.87. The van der Waals surface area contributed by atoms with E-state index in [9.17, 15) is 0 Å². The number of rotatable bonds is 2. The van der Waals surface area contributed by atoms with Gasteiger partial charge in [0.15, 0.2) is 6.29 Å². The summed E-state index contributed by atoms with van der Waals surface area (Å²) in [6, 6.07) is 10.5. The minimum absolute atomic E-state index is 0.0322. The first-order valence-electron chi connectivity index (χ1n) is 5.04. The fourth-order valence-corrected chi connectivity index (χ4v) is 2.05. The largest absolute Gasteiger partial charge is 0.356 e. The van der Waals surface area contributed by atoms with Gasteiger partial charge in [0, 0.05) is 19.4 Å². The fourth-order valence-electron chi connectivity index (χ4n) is 2.05. The maximum atomic E-state index is 5.66. The first kappa shape index (κ1) is 9.69. The van der Waals surface area contributed by atoms with Crippen molar-refractivity contribution in [2.45, 2.75) is 31.7 Å². The summed E-state index contributed by atoms with van der Waals surface area (Å²) >= 11 is 0. The lowest BCUT2D eigenvalue weighted by atomic mass is 9.93. The number of hydrogen-bond acceptors (Lipinski definition) is 2. The molecule has 1 saturated heterocycles. The molecule has 0 spiro atoms. The quantitative estimate of drug-likeness (QED) is 0.717. The van der Waals surface area contributed by atoms with Crippen LogP contribution in [0.25, 0.3) is 0 Å². The number of methoxy groups -OCH3 is 1. The Balaban J connectivity index is 2.13. The summed E-state index contributed by atoms with van der Waals surface area (Å²) in [6.45, 7) is 2.11. The second-order valence-electron chi connectivity index (χ2n) is 3.76. The molecule has 1 aliphatic rings. The summed E-state index contributed by atoms with van der Waals surface area (Å²) in [4.78, 5) is 0. The third kappa shape index (κ3) is 1.81. The Bertz CT molecular complexity index is 284. The summed E-state index contributed by atoms with van der Waals surface area (Å²) < 4.78 is 10.9. The van der Waals surface area contributed by atoms with Crippen LogP contribution in [0.3, 0.4) is 0 Å². The summed E-state index contributed by atoms with van der Waals surface area (Å²) in [5.41, 5.74) is 1.35. The zero-order chi connectivity index (χ0) is 9.97. The Labute approximate surface area is 84.8 Å². The molecule has 1 aromatic carbocycles. The summed E-state index contributed by atoms with van der Waals surface area (Å²) in [5, 5.41) is 0. The van der Waals surface area contributed by atoms with Crippen molar-refractivity contribution < 1.29 is 9.47 Å². The van der Waals surface area contributed by atoms with E-state index >= 15 is 0 Å². The lowest BCUT2D eigenvalue weighted by Crippen LogP contribution is -2.10. The fraction of sp³-hybridized carbons (Fsp3) is 0.500. The van der Waals surface area contributed by atoms with Gasteiger partial charge in [-0.1, -0.05) is 30.3 Å². The molecule has 14 heavy (non-hydrogen) atoms.